The lowest BCUT2D eigenvalue weighted by Crippen LogP contribution is -2.16. The molecule has 0 spiro atoms. The number of unbranched alkanes of at least 4 members (excludes halogenated alkanes) is 30. The third-order valence-corrected chi connectivity index (χ3v) is 8.97. The van der Waals surface area contributed by atoms with Gasteiger partial charge in [-0.2, -0.15) is 0 Å². The molecule has 5 nitrogen and oxygen atoms in total. The maximum absolute atomic E-state index is 9.64. The molecule has 0 unspecified atom stereocenters. The molecule has 0 bridgehead atoms. The van der Waals surface area contributed by atoms with Crippen molar-refractivity contribution >= 4 is 11.9 Å². The number of carboxylic acids is 2. The molecule has 0 saturated carbocycles. The van der Waals surface area contributed by atoms with Gasteiger partial charge in [0.2, 0.25) is 0 Å². The molecule has 5 heteroatoms. The first-order chi connectivity index (χ1) is 22.0. The Morgan fingerprint density at radius 3 is 0.689 bits per heavy atom. The molecule has 0 aromatic carbocycles. The van der Waals surface area contributed by atoms with Gasteiger partial charge in [-0.3, -0.25) is 9.59 Å². The molecule has 0 saturated heterocycles. The third-order valence-electron chi connectivity index (χ3n) is 8.97. The molecule has 3 N–H and O–H groups in total. The predicted octanol–water partition coefficient (Wildman–Crippen LogP) is 13.0. The van der Waals surface area contributed by atoms with Crippen molar-refractivity contribution in [2.45, 2.75) is 232 Å². The first-order valence-electron chi connectivity index (χ1n) is 20.2. The number of carbonyl (C=O) groups is 2. The minimum Gasteiger partial charge on any atom is -0.481 e. The molecule has 0 amide bonds. The molecular weight excluding hydrogens is 558 g/mol. The van der Waals surface area contributed by atoms with Gasteiger partial charge in [0.1, 0.15) is 0 Å². The molecule has 0 heterocycles. The SMILES string of the molecule is CCCCCCCCCCCCCCCCCCNCCCCCCCCCCCCCCCCCC.O=C(O)CCC(=O)O. The van der Waals surface area contributed by atoms with Gasteiger partial charge in [0.05, 0.1) is 12.8 Å². The summed E-state index contributed by atoms with van der Waals surface area (Å²) in [5, 5.41) is 19.5. The van der Waals surface area contributed by atoms with E-state index in [1.807, 2.05) is 0 Å². The van der Waals surface area contributed by atoms with Crippen molar-refractivity contribution in [3.63, 3.8) is 0 Å². The maximum Gasteiger partial charge on any atom is 0.303 e. The van der Waals surface area contributed by atoms with E-state index in [2.05, 4.69) is 19.2 Å². The van der Waals surface area contributed by atoms with Crippen LogP contribution in [0.2, 0.25) is 0 Å². The van der Waals surface area contributed by atoms with Gasteiger partial charge < -0.3 is 15.5 Å². The summed E-state index contributed by atoms with van der Waals surface area (Å²) in [6, 6.07) is 0. The highest BCUT2D eigenvalue weighted by molar-refractivity contribution is 5.75. The zero-order valence-corrected chi connectivity index (χ0v) is 30.7. The van der Waals surface area contributed by atoms with Crippen molar-refractivity contribution in [1.29, 1.82) is 0 Å². The fourth-order valence-corrected chi connectivity index (χ4v) is 5.94. The van der Waals surface area contributed by atoms with Crippen LogP contribution in [-0.2, 0) is 9.59 Å². The summed E-state index contributed by atoms with van der Waals surface area (Å²) in [5.74, 6) is -2.15. The van der Waals surface area contributed by atoms with Crippen LogP contribution in [0.4, 0.5) is 0 Å². The largest absolute Gasteiger partial charge is 0.481 e. The second-order valence-corrected chi connectivity index (χ2v) is 13.6. The zero-order valence-electron chi connectivity index (χ0n) is 30.7. The number of carboxylic acid groups (broad SMARTS) is 2. The van der Waals surface area contributed by atoms with Gasteiger partial charge in [0.25, 0.3) is 0 Å². The van der Waals surface area contributed by atoms with Crippen molar-refractivity contribution in [3.05, 3.63) is 0 Å². The fourth-order valence-electron chi connectivity index (χ4n) is 5.94. The van der Waals surface area contributed by atoms with Crippen LogP contribution in [0, 0.1) is 0 Å². The lowest BCUT2D eigenvalue weighted by molar-refractivity contribution is -0.143. The Morgan fingerprint density at radius 1 is 0.333 bits per heavy atom. The van der Waals surface area contributed by atoms with Crippen LogP contribution in [0.1, 0.15) is 232 Å². The molecule has 0 atom stereocenters. The Balaban J connectivity index is 0. The van der Waals surface area contributed by atoms with Gasteiger partial charge in [0, 0.05) is 0 Å². The molecule has 0 radical (unpaired) electrons. The van der Waals surface area contributed by atoms with E-state index < -0.39 is 11.9 Å². The third kappa shape index (κ3) is 50.0. The lowest BCUT2D eigenvalue weighted by Gasteiger charge is -2.06. The second-order valence-electron chi connectivity index (χ2n) is 13.6. The molecule has 0 aliphatic heterocycles. The average molecular weight is 640 g/mol. The van der Waals surface area contributed by atoms with Crippen molar-refractivity contribution in [1.82, 2.24) is 5.32 Å². The van der Waals surface area contributed by atoms with Gasteiger partial charge in [-0.25, -0.2) is 0 Å². The summed E-state index contributed by atoms with van der Waals surface area (Å²) in [5.41, 5.74) is 0. The highest BCUT2D eigenvalue weighted by Crippen LogP contribution is 2.15. The van der Waals surface area contributed by atoms with Crippen LogP contribution in [-0.4, -0.2) is 35.2 Å². The van der Waals surface area contributed by atoms with Crippen molar-refractivity contribution in [3.8, 4) is 0 Å². The Labute approximate surface area is 281 Å². The summed E-state index contributed by atoms with van der Waals surface area (Å²) in [6.45, 7) is 7.11. The van der Waals surface area contributed by atoms with Gasteiger partial charge in [0.15, 0.2) is 0 Å². The van der Waals surface area contributed by atoms with Crippen molar-refractivity contribution in [2.75, 3.05) is 13.1 Å². The van der Waals surface area contributed by atoms with Gasteiger partial charge >= 0.3 is 11.9 Å². The normalized spacial score (nSPS) is 11.0. The Bertz CT molecular complexity index is 520. The van der Waals surface area contributed by atoms with E-state index in [1.54, 1.807) is 0 Å². The number of nitrogens with one attached hydrogen (secondary N) is 1. The highest BCUT2D eigenvalue weighted by atomic mass is 16.4. The summed E-state index contributed by atoms with van der Waals surface area (Å²) in [4.78, 5) is 19.3. The molecule has 0 aromatic heterocycles. The molecule has 270 valence electrons. The van der Waals surface area contributed by atoms with Crippen LogP contribution < -0.4 is 5.32 Å². The van der Waals surface area contributed by atoms with Gasteiger partial charge in [-0.15, -0.1) is 0 Å². The Morgan fingerprint density at radius 2 is 0.511 bits per heavy atom. The van der Waals surface area contributed by atoms with Crippen LogP contribution in [0.25, 0.3) is 0 Å². The molecule has 0 rings (SSSR count). The van der Waals surface area contributed by atoms with Crippen molar-refractivity contribution < 1.29 is 19.8 Å². The summed E-state index contributed by atoms with van der Waals surface area (Å²) >= 11 is 0. The molecule has 0 fully saturated rings. The van der Waals surface area contributed by atoms with E-state index in [-0.39, 0.29) is 12.8 Å². The fraction of sp³-hybridized carbons (Fsp3) is 0.950. The summed E-state index contributed by atoms with van der Waals surface area (Å²) in [7, 11) is 0. The number of hydrogen-bond donors (Lipinski definition) is 3. The van der Waals surface area contributed by atoms with Crippen LogP contribution in [0.5, 0.6) is 0 Å². The molecule has 0 aliphatic rings. The summed E-state index contributed by atoms with van der Waals surface area (Å²) in [6.07, 6.45) is 46.1. The predicted molar refractivity (Wildman–Crippen MR) is 196 cm³/mol. The van der Waals surface area contributed by atoms with E-state index in [0.717, 1.165) is 0 Å². The molecule has 0 aliphatic carbocycles. The smallest absolute Gasteiger partial charge is 0.303 e. The van der Waals surface area contributed by atoms with Crippen LogP contribution in [0.15, 0.2) is 0 Å². The van der Waals surface area contributed by atoms with Gasteiger partial charge in [-0.1, -0.05) is 206 Å². The van der Waals surface area contributed by atoms with Crippen LogP contribution in [0.3, 0.4) is 0 Å². The lowest BCUT2D eigenvalue weighted by atomic mass is 10.0. The van der Waals surface area contributed by atoms with Crippen molar-refractivity contribution in [2.24, 2.45) is 0 Å². The number of aliphatic carboxylic acids is 2. The van der Waals surface area contributed by atoms with E-state index in [0.29, 0.717) is 0 Å². The molecule has 0 aromatic rings. The maximum atomic E-state index is 9.64. The van der Waals surface area contributed by atoms with E-state index in [4.69, 9.17) is 10.2 Å². The average Bonchev–Trinajstić information content (AvgIpc) is 3.02. The van der Waals surface area contributed by atoms with E-state index in [9.17, 15) is 9.59 Å². The quantitative estimate of drug-likeness (QED) is 0.0589. The molecular formula is C40H81NO4. The first kappa shape index (κ1) is 46.0. The zero-order chi connectivity index (χ0) is 33.3. The van der Waals surface area contributed by atoms with E-state index >= 15 is 0 Å². The van der Waals surface area contributed by atoms with E-state index in [1.165, 1.54) is 219 Å². The van der Waals surface area contributed by atoms with Crippen LogP contribution >= 0.6 is 0 Å². The minimum atomic E-state index is -1.08. The summed E-state index contributed by atoms with van der Waals surface area (Å²) < 4.78 is 0. The second kappa shape index (κ2) is 42.9. The Hall–Kier alpha value is -1.10. The Kier molecular flexibility index (Phi) is 43.9. The highest BCUT2D eigenvalue weighted by Gasteiger charge is 2.00. The standard InChI is InChI=1S/C36H75N.C4H6O4/c1-3-5-7-9-11-13-15-17-19-21-23-25-27-29-31-33-35-37-36-34-32-30-28-26-24-22-20-18-16-14-12-10-8-6-4-2;5-3(6)1-2-4(7)8/h37H,3-36H2,1-2H3;1-2H2,(H,5,6)(H,7,8). The monoisotopic (exact) mass is 640 g/mol. The first-order valence-corrected chi connectivity index (χ1v) is 20.2. The molecule has 45 heavy (non-hydrogen) atoms. The minimum absolute atomic E-state index is 0.296. The number of rotatable bonds is 37. The van der Waals surface area contributed by atoms with Gasteiger partial charge in [-0.05, 0) is 25.9 Å². The topological polar surface area (TPSA) is 86.6 Å². The number of hydrogen-bond acceptors (Lipinski definition) is 3.